The number of hydrogen-bond donors (Lipinski definition) is 1. The molecule has 1 N–H and O–H groups in total. The van der Waals surface area contributed by atoms with E-state index >= 15 is 0 Å². The quantitative estimate of drug-likeness (QED) is 0.764. The largest absolute Gasteiger partial charge is 0.323 e. The van der Waals surface area contributed by atoms with Crippen molar-refractivity contribution in [1.29, 1.82) is 0 Å². The van der Waals surface area contributed by atoms with Crippen molar-refractivity contribution in [3.05, 3.63) is 41.1 Å². The molecule has 0 saturated carbocycles. The molecule has 0 fully saturated rings. The minimum absolute atomic E-state index is 0.172. The second-order valence-corrected chi connectivity index (χ2v) is 4.46. The smallest absolute Gasteiger partial charge is 0.260 e. The molecule has 0 aliphatic carbocycles. The predicted octanol–water partition coefficient (Wildman–Crippen LogP) is 2.02. The molecular formula is C12H9ClN2O2. The highest BCUT2D eigenvalue weighted by Gasteiger charge is 2.35. The molecule has 2 aliphatic rings. The first kappa shape index (κ1) is 10.4. The summed E-state index contributed by atoms with van der Waals surface area (Å²) in [5.41, 5.74) is 0.951. The average molecular weight is 249 g/mol. The summed E-state index contributed by atoms with van der Waals surface area (Å²) < 4.78 is 0. The Bertz CT molecular complexity index is 553. The van der Waals surface area contributed by atoms with Crippen LogP contribution < -0.4 is 5.32 Å². The normalized spacial score (nSPS) is 21.9. The van der Waals surface area contributed by atoms with E-state index in [0.29, 0.717) is 22.7 Å². The Labute approximate surface area is 103 Å². The zero-order valence-corrected chi connectivity index (χ0v) is 9.57. The molecule has 2 amide bonds. The van der Waals surface area contributed by atoms with Gasteiger partial charge in [-0.3, -0.25) is 9.59 Å². The van der Waals surface area contributed by atoms with Gasteiger partial charge in [0.15, 0.2) is 0 Å². The molecule has 17 heavy (non-hydrogen) atoms. The second-order valence-electron chi connectivity index (χ2n) is 4.03. The number of hydrogen-bond acceptors (Lipinski definition) is 2. The standard InChI is InChI=1S/C12H9ClN2O2/c13-7-3-4-8-9(6-7)14-11(16)10-2-1-5-15(10)12(8)17/h1,3-6,10H,2H2,(H,14,16). The number of nitrogens with one attached hydrogen (secondary N) is 1. The van der Waals surface area contributed by atoms with E-state index in [1.807, 2.05) is 6.08 Å². The van der Waals surface area contributed by atoms with Crippen LogP contribution in [0.15, 0.2) is 30.5 Å². The van der Waals surface area contributed by atoms with Crippen LogP contribution >= 0.6 is 11.6 Å². The summed E-state index contributed by atoms with van der Waals surface area (Å²) in [5, 5.41) is 3.23. The van der Waals surface area contributed by atoms with Gasteiger partial charge in [0.05, 0.1) is 11.3 Å². The topological polar surface area (TPSA) is 49.4 Å². The molecule has 1 aromatic carbocycles. The predicted molar refractivity (Wildman–Crippen MR) is 63.8 cm³/mol. The number of rotatable bonds is 0. The van der Waals surface area contributed by atoms with Gasteiger partial charge in [0.2, 0.25) is 5.91 Å². The Hall–Kier alpha value is -1.81. The van der Waals surface area contributed by atoms with E-state index in [4.69, 9.17) is 11.6 Å². The first-order valence-electron chi connectivity index (χ1n) is 5.26. The van der Waals surface area contributed by atoms with Crippen LogP contribution in [0, 0.1) is 0 Å². The number of anilines is 1. The van der Waals surface area contributed by atoms with E-state index in [9.17, 15) is 9.59 Å². The molecule has 1 unspecified atom stereocenters. The molecule has 5 heteroatoms. The minimum atomic E-state index is -0.436. The maximum absolute atomic E-state index is 12.2. The van der Waals surface area contributed by atoms with Gasteiger partial charge in [-0.2, -0.15) is 0 Å². The van der Waals surface area contributed by atoms with Crippen molar-refractivity contribution in [3.63, 3.8) is 0 Å². The summed E-state index contributed by atoms with van der Waals surface area (Å²) in [4.78, 5) is 25.6. The Morgan fingerprint density at radius 2 is 2.18 bits per heavy atom. The fourth-order valence-corrected chi connectivity index (χ4v) is 2.30. The van der Waals surface area contributed by atoms with Crippen molar-refractivity contribution in [1.82, 2.24) is 4.90 Å². The van der Waals surface area contributed by atoms with Crippen LogP contribution in [0.2, 0.25) is 5.02 Å². The fourth-order valence-electron chi connectivity index (χ4n) is 2.12. The number of carbonyl (C=O) groups excluding carboxylic acids is 2. The monoisotopic (exact) mass is 248 g/mol. The van der Waals surface area contributed by atoms with Crippen LogP contribution in [-0.4, -0.2) is 22.8 Å². The molecule has 0 spiro atoms. The molecule has 0 bridgehead atoms. The van der Waals surface area contributed by atoms with Gasteiger partial charge in [-0.1, -0.05) is 17.7 Å². The van der Waals surface area contributed by atoms with Gasteiger partial charge in [0.25, 0.3) is 5.91 Å². The molecule has 0 saturated heterocycles. The van der Waals surface area contributed by atoms with Crippen LogP contribution in [0.25, 0.3) is 0 Å². The summed E-state index contributed by atoms with van der Waals surface area (Å²) in [6, 6.07) is 4.44. The van der Waals surface area contributed by atoms with Crippen LogP contribution in [0.1, 0.15) is 16.8 Å². The highest BCUT2D eigenvalue weighted by molar-refractivity contribution is 6.31. The van der Waals surface area contributed by atoms with E-state index in [0.717, 1.165) is 0 Å². The Morgan fingerprint density at radius 1 is 1.35 bits per heavy atom. The Balaban J connectivity index is 2.14. The molecular weight excluding hydrogens is 240 g/mol. The summed E-state index contributed by atoms with van der Waals surface area (Å²) in [6.45, 7) is 0. The summed E-state index contributed by atoms with van der Waals surface area (Å²) in [7, 11) is 0. The number of nitrogens with zero attached hydrogens (tertiary/aromatic N) is 1. The third-order valence-corrected chi connectivity index (χ3v) is 3.20. The van der Waals surface area contributed by atoms with Gasteiger partial charge < -0.3 is 10.2 Å². The van der Waals surface area contributed by atoms with E-state index in [1.165, 1.54) is 4.90 Å². The third-order valence-electron chi connectivity index (χ3n) is 2.97. The van der Waals surface area contributed by atoms with Crippen LogP contribution in [0.5, 0.6) is 0 Å². The van der Waals surface area contributed by atoms with Gasteiger partial charge in [0.1, 0.15) is 6.04 Å². The molecule has 3 rings (SSSR count). The van der Waals surface area contributed by atoms with Gasteiger partial charge in [-0.25, -0.2) is 0 Å². The van der Waals surface area contributed by atoms with Crippen molar-refractivity contribution < 1.29 is 9.59 Å². The summed E-state index contributed by atoms with van der Waals surface area (Å²) >= 11 is 5.86. The lowest BCUT2D eigenvalue weighted by Crippen LogP contribution is -2.38. The summed E-state index contributed by atoms with van der Waals surface area (Å²) in [5.74, 6) is -0.349. The first-order valence-corrected chi connectivity index (χ1v) is 5.64. The average Bonchev–Trinajstić information content (AvgIpc) is 2.74. The SMILES string of the molecule is O=C1Nc2cc(Cl)ccc2C(=O)N2C=CCC12. The summed E-state index contributed by atoms with van der Waals surface area (Å²) in [6.07, 6.45) is 4.04. The minimum Gasteiger partial charge on any atom is -0.323 e. The zero-order valence-electron chi connectivity index (χ0n) is 8.81. The number of fused-ring (bicyclic) bond motifs is 2. The third kappa shape index (κ3) is 1.52. The fraction of sp³-hybridized carbons (Fsp3) is 0.167. The van der Waals surface area contributed by atoms with Crippen molar-refractivity contribution in [2.24, 2.45) is 0 Å². The van der Waals surface area contributed by atoms with Crippen LogP contribution in [0.3, 0.4) is 0 Å². The molecule has 2 heterocycles. The van der Waals surface area contributed by atoms with Crippen molar-refractivity contribution >= 4 is 29.1 Å². The molecule has 0 aromatic heterocycles. The van der Waals surface area contributed by atoms with E-state index in [-0.39, 0.29) is 11.8 Å². The second kappa shape index (κ2) is 3.60. The van der Waals surface area contributed by atoms with Crippen molar-refractivity contribution in [2.45, 2.75) is 12.5 Å². The number of amides is 2. The lowest BCUT2D eigenvalue weighted by Gasteiger charge is -2.18. The highest BCUT2D eigenvalue weighted by Crippen LogP contribution is 2.29. The van der Waals surface area contributed by atoms with Crippen molar-refractivity contribution in [3.8, 4) is 0 Å². The zero-order chi connectivity index (χ0) is 12.0. The van der Waals surface area contributed by atoms with E-state index in [1.54, 1.807) is 24.4 Å². The molecule has 0 radical (unpaired) electrons. The van der Waals surface area contributed by atoms with E-state index < -0.39 is 6.04 Å². The Morgan fingerprint density at radius 3 is 3.00 bits per heavy atom. The first-order chi connectivity index (χ1) is 8.16. The molecule has 1 atom stereocenters. The highest BCUT2D eigenvalue weighted by atomic mass is 35.5. The lowest BCUT2D eigenvalue weighted by atomic mass is 10.1. The van der Waals surface area contributed by atoms with Gasteiger partial charge >= 0.3 is 0 Å². The van der Waals surface area contributed by atoms with Crippen LogP contribution in [-0.2, 0) is 4.79 Å². The molecule has 4 nitrogen and oxygen atoms in total. The number of carbonyl (C=O) groups is 2. The van der Waals surface area contributed by atoms with E-state index in [2.05, 4.69) is 5.32 Å². The van der Waals surface area contributed by atoms with Crippen molar-refractivity contribution in [2.75, 3.05) is 5.32 Å². The van der Waals surface area contributed by atoms with Gasteiger partial charge in [0, 0.05) is 11.2 Å². The van der Waals surface area contributed by atoms with Gasteiger partial charge in [-0.05, 0) is 24.6 Å². The molecule has 86 valence electrons. The molecule has 2 aliphatic heterocycles. The number of benzene rings is 1. The number of halogens is 1. The maximum atomic E-state index is 12.2. The Kier molecular flexibility index (Phi) is 2.19. The lowest BCUT2D eigenvalue weighted by molar-refractivity contribution is -0.119. The molecule has 1 aromatic rings. The van der Waals surface area contributed by atoms with Gasteiger partial charge in [-0.15, -0.1) is 0 Å². The maximum Gasteiger partial charge on any atom is 0.260 e. The van der Waals surface area contributed by atoms with Crippen LogP contribution in [0.4, 0.5) is 5.69 Å².